The molecule has 220 valence electrons. The topological polar surface area (TPSA) is 109 Å². The number of carbonyl (C=O) groups is 3. The smallest absolute Gasteiger partial charge is 0.305 e. The van der Waals surface area contributed by atoms with E-state index in [4.69, 9.17) is 4.74 Å². The second kappa shape index (κ2) is 11.3. The zero-order valence-electron chi connectivity index (χ0n) is 22.6. The molecule has 8 nitrogen and oxygen atoms in total. The van der Waals surface area contributed by atoms with E-state index >= 15 is 0 Å². The molecule has 1 saturated heterocycles. The van der Waals surface area contributed by atoms with Crippen LogP contribution in [0.3, 0.4) is 0 Å². The molecule has 0 unspecified atom stereocenters. The van der Waals surface area contributed by atoms with Crippen molar-refractivity contribution in [2.75, 3.05) is 16.8 Å². The summed E-state index contributed by atoms with van der Waals surface area (Å²) in [5, 5.41) is 4.57. The van der Waals surface area contributed by atoms with Crippen molar-refractivity contribution in [3.63, 3.8) is 0 Å². The average Bonchev–Trinajstić information content (AvgIpc) is 3.51. The van der Waals surface area contributed by atoms with E-state index in [-0.39, 0.29) is 23.1 Å². The molecule has 2 aliphatic heterocycles. The van der Waals surface area contributed by atoms with Crippen LogP contribution in [0.1, 0.15) is 16.4 Å². The van der Waals surface area contributed by atoms with E-state index in [1.807, 2.05) is 42.5 Å². The minimum atomic E-state index is -0.875. The van der Waals surface area contributed by atoms with Gasteiger partial charge in [-0.3, -0.25) is 19.2 Å². The number of thiazole rings is 1. The van der Waals surface area contributed by atoms with Crippen molar-refractivity contribution in [2.45, 2.75) is 16.2 Å². The fourth-order valence-corrected chi connectivity index (χ4v) is 8.58. The van der Waals surface area contributed by atoms with Crippen LogP contribution in [0.5, 0.6) is 5.75 Å². The summed E-state index contributed by atoms with van der Waals surface area (Å²) in [4.78, 5) is 57.3. The largest absolute Gasteiger partial charge is 0.483 e. The second-order valence-electron chi connectivity index (χ2n) is 10.3. The van der Waals surface area contributed by atoms with Gasteiger partial charge in [-0.2, -0.15) is 0 Å². The number of amides is 3. The van der Waals surface area contributed by atoms with Crippen molar-refractivity contribution < 1.29 is 23.5 Å². The van der Waals surface area contributed by atoms with Crippen LogP contribution in [0.25, 0.3) is 10.8 Å². The molecule has 3 amide bonds. The Morgan fingerprint density at radius 1 is 0.955 bits per heavy atom. The number of fused-ring (bicyclic) bond motifs is 3. The van der Waals surface area contributed by atoms with Crippen molar-refractivity contribution in [1.29, 1.82) is 0 Å². The Kier molecular flexibility index (Phi) is 7.35. The fourth-order valence-electron chi connectivity index (χ4n) is 5.70. The first-order valence-corrected chi connectivity index (χ1v) is 16.0. The number of hydrogen-bond donors (Lipinski definition) is 2. The van der Waals surface area contributed by atoms with Gasteiger partial charge in [-0.25, -0.2) is 9.29 Å². The number of ether oxygens (including phenoxy) is 1. The number of hydrogen-bond acceptors (Lipinski definition) is 7. The van der Waals surface area contributed by atoms with Gasteiger partial charge in [0.05, 0.1) is 16.6 Å². The van der Waals surface area contributed by atoms with E-state index in [2.05, 4.69) is 26.2 Å². The lowest BCUT2D eigenvalue weighted by molar-refractivity contribution is -0.122. The molecule has 0 aliphatic carbocycles. The number of rotatable bonds is 6. The van der Waals surface area contributed by atoms with Crippen LogP contribution < -0.4 is 19.8 Å². The number of thioether (sulfide) groups is 1. The number of nitrogens with zero attached hydrogens (tertiary/aromatic N) is 1. The minimum Gasteiger partial charge on any atom is -0.483 e. The third-order valence-electron chi connectivity index (χ3n) is 7.61. The Bertz CT molecular complexity index is 2030. The third kappa shape index (κ3) is 5.12. The summed E-state index contributed by atoms with van der Waals surface area (Å²) in [7, 11) is 0. The molecule has 0 spiro atoms. The highest BCUT2D eigenvalue weighted by Gasteiger charge is 2.56. The van der Waals surface area contributed by atoms with Crippen LogP contribution in [0.2, 0.25) is 0 Å². The predicted octanol–water partition coefficient (Wildman–Crippen LogP) is 6.30. The first-order valence-electron chi connectivity index (χ1n) is 13.5. The molecule has 1 fully saturated rings. The molecule has 12 heteroatoms. The lowest BCUT2D eigenvalue weighted by Gasteiger charge is -2.31. The van der Waals surface area contributed by atoms with Gasteiger partial charge < -0.3 is 15.0 Å². The maximum Gasteiger partial charge on any atom is 0.305 e. The zero-order chi connectivity index (χ0) is 30.5. The molecule has 2 N–H and O–H groups in total. The summed E-state index contributed by atoms with van der Waals surface area (Å²) >= 11 is 5.62. The number of aromatic amines is 1. The van der Waals surface area contributed by atoms with Gasteiger partial charge in [-0.15, -0.1) is 0 Å². The van der Waals surface area contributed by atoms with Crippen LogP contribution in [-0.4, -0.2) is 34.6 Å². The molecule has 0 saturated carbocycles. The van der Waals surface area contributed by atoms with Crippen LogP contribution >= 0.6 is 39.0 Å². The highest BCUT2D eigenvalue weighted by atomic mass is 79.9. The number of benzene rings is 4. The van der Waals surface area contributed by atoms with Gasteiger partial charge in [0.25, 0.3) is 5.91 Å². The Hall–Kier alpha value is -4.26. The summed E-state index contributed by atoms with van der Waals surface area (Å²) in [6.45, 7) is -0.318. The average molecular weight is 691 g/mol. The van der Waals surface area contributed by atoms with Crippen molar-refractivity contribution in [3.8, 4) is 5.75 Å². The summed E-state index contributed by atoms with van der Waals surface area (Å²) in [6.07, 6.45) is 0. The van der Waals surface area contributed by atoms with Gasteiger partial charge in [0.1, 0.15) is 16.8 Å². The molecule has 1 aromatic heterocycles. The number of aromatic nitrogens is 1. The van der Waals surface area contributed by atoms with Crippen LogP contribution in [0.15, 0.2) is 99.2 Å². The summed E-state index contributed by atoms with van der Waals surface area (Å²) in [6, 6.07) is 23.8. The van der Waals surface area contributed by atoms with E-state index in [1.165, 1.54) is 24.3 Å². The highest BCUT2D eigenvalue weighted by Crippen LogP contribution is 2.54. The lowest BCUT2D eigenvalue weighted by Crippen LogP contribution is -2.32. The number of imide groups is 1. The molecule has 5 aromatic rings. The van der Waals surface area contributed by atoms with E-state index < -0.39 is 34.7 Å². The Labute approximate surface area is 266 Å². The van der Waals surface area contributed by atoms with Crippen molar-refractivity contribution in [2.24, 2.45) is 5.92 Å². The quantitative estimate of drug-likeness (QED) is 0.203. The summed E-state index contributed by atoms with van der Waals surface area (Å²) in [5.41, 5.74) is 1.44. The molecule has 4 aromatic carbocycles. The molecular weight excluding hydrogens is 669 g/mol. The molecule has 3 heterocycles. The molecule has 7 rings (SSSR count). The number of H-pyrrole nitrogens is 1. The number of nitrogens with one attached hydrogen (secondary N) is 2. The van der Waals surface area contributed by atoms with Crippen LogP contribution in [0, 0.1) is 11.7 Å². The van der Waals surface area contributed by atoms with Gasteiger partial charge >= 0.3 is 4.87 Å². The van der Waals surface area contributed by atoms with Crippen LogP contribution in [0.4, 0.5) is 15.8 Å². The Balaban J connectivity index is 1.21. The van der Waals surface area contributed by atoms with E-state index in [0.29, 0.717) is 31.4 Å². The van der Waals surface area contributed by atoms with Crippen molar-refractivity contribution in [1.82, 2.24) is 4.98 Å². The number of anilines is 2. The molecular formula is C32H21BrFN3O5S2. The van der Waals surface area contributed by atoms with Gasteiger partial charge in [0, 0.05) is 26.5 Å². The van der Waals surface area contributed by atoms with Crippen molar-refractivity contribution >= 4 is 78.9 Å². The van der Waals surface area contributed by atoms with Gasteiger partial charge in [0.2, 0.25) is 11.8 Å². The first kappa shape index (κ1) is 28.5. The maximum absolute atomic E-state index is 14.0. The SMILES string of the molecule is O=C(COc1ccc(Br)cc1[C@@H]1c2sc(=O)[nH]c2S[C@H]2C(=O)N(c3ccc(F)cc3)C(=O)[C@@H]12)Nc1ccc2ccccc2c1. The molecule has 2 aliphatic rings. The molecule has 0 radical (unpaired) electrons. The third-order valence-corrected chi connectivity index (χ3v) is 10.5. The van der Waals surface area contributed by atoms with Gasteiger partial charge in [0.15, 0.2) is 6.61 Å². The van der Waals surface area contributed by atoms with E-state index in [9.17, 15) is 23.6 Å². The van der Waals surface area contributed by atoms with Crippen LogP contribution in [-0.2, 0) is 14.4 Å². The fraction of sp³-hybridized carbons (Fsp3) is 0.125. The van der Waals surface area contributed by atoms with Crippen molar-refractivity contribution in [3.05, 3.63) is 115 Å². The van der Waals surface area contributed by atoms with Gasteiger partial charge in [-0.05, 0) is 65.4 Å². The van der Waals surface area contributed by atoms with E-state index in [1.54, 1.807) is 18.2 Å². The van der Waals surface area contributed by atoms with Gasteiger partial charge in [-0.1, -0.05) is 69.4 Å². The zero-order valence-corrected chi connectivity index (χ0v) is 25.8. The summed E-state index contributed by atoms with van der Waals surface area (Å²) < 4.78 is 20.4. The first-order chi connectivity index (χ1) is 21.3. The second-order valence-corrected chi connectivity index (χ2v) is 13.4. The highest BCUT2D eigenvalue weighted by molar-refractivity contribution is 9.10. The normalized spacial score (nSPS) is 19.1. The molecule has 44 heavy (non-hydrogen) atoms. The van der Waals surface area contributed by atoms with E-state index in [0.717, 1.165) is 38.8 Å². The summed E-state index contributed by atoms with van der Waals surface area (Å²) in [5.74, 6) is -3.05. The Morgan fingerprint density at radius 2 is 1.73 bits per heavy atom. The minimum absolute atomic E-state index is 0.267. The molecule has 3 atom stereocenters. The molecule has 0 bridgehead atoms. The number of carbonyl (C=O) groups excluding carboxylic acids is 3. The number of halogens is 2. The maximum atomic E-state index is 14.0. The standard InChI is InChI=1S/C32H21BrFN3O5S2/c33-18-6-12-23(42-15-24(38)35-20-9-5-16-3-1-2-4-17(16)13-20)22(14-18)25-26-28(43-29-27(25)44-32(41)36-29)31(40)37(30(26)39)21-10-7-19(34)8-11-21/h1-14,25-26,28H,15H2,(H,35,38)(H,36,41)/t25-,26-,28+/m0/s1. The lowest BCUT2D eigenvalue weighted by atomic mass is 9.82. The predicted molar refractivity (Wildman–Crippen MR) is 171 cm³/mol. The Morgan fingerprint density at radius 3 is 2.52 bits per heavy atom. The monoisotopic (exact) mass is 689 g/mol.